The van der Waals surface area contributed by atoms with Crippen molar-refractivity contribution in [3.05, 3.63) is 53.5 Å². The van der Waals surface area contributed by atoms with Gasteiger partial charge in [0, 0.05) is 31.5 Å². The van der Waals surface area contributed by atoms with Crippen LogP contribution in [-0.4, -0.2) is 18.1 Å². The average molecular weight is 285 g/mol. The summed E-state index contributed by atoms with van der Waals surface area (Å²) in [6, 6.07) is 9.40. The Labute approximate surface area is 124 Å². The molecule has 2 aromatic rings. The van der Waals surface area contributed by atoms with Crippen LogP contribution in [0.1, 0.15) is 24.0 Å². The molecule has 1 aliphatic rings. The van der Waals surface area contributed by atoms with Crippen LogP contribution in [0.5, 0.6) is 0 Å². The van der Waals surface area contributed by atoms with Gasteiger partial charge in [0.2, 0.25) is 0 Å². The van der Waals surface area contributed by atoms with Gasteiger partial charge in [0.05, 0.1) is 0 Å². The summed E-state index contributed by atoms with van der Waals surface area (Å²) in [5, 5.41) is 3.48. The molecule has 0 radical (unpaired) electrons. The van der Waals surface area contributed by atoms with Crippen LogP contribution in [0.3, 0.4) is 0 Å². The van der Waals surface area contributed by atoms with Crippen molar-refractivity contribution in [3.8, 4) is 0 Å². The molecule has 1 aromatic carbocycles. The van der Waals surface area contributed by atoms with Crippen LogP contribution in [-0.2, 0) is 6.54 Å². The molecule has 1 aliphatic carbocycles. The lowest BCUT2D eigenvalue weighted by atomic mass is 10.2. The predicted molar refractivity (Wildman–Crippen MR) is 83.3 cm³/mol. The highest BCUT2D eigenvalue weighted by molar-refractivity contribution is 5.62. The number of hydrogen-bond donors (Lipinski definition) is 1. The van der Waals surface area contributed by atoms with Crippen LogP contribution >= 0.6 is 0 Å². The Hall–Kier alpha value is -1.94. The van der Waals surface area contributed by atoms with E-state index in [-0.39, 0.29) is 5.82 Å². The summed E-state index contributed by atoms with van der Waals surface area (Å²) < 4.78 is 13.3. The maximum atomic E-state index is 13.3. The Balaban J connectivity index is 1.77. The lowest BCUT2D eigenvalue weighted by Crippen LogP contribution is -2.17. The van der Waals surface area contributed by atoms with E-state index >= 15 is 0 Å². The van der Waals surface area contributed by atoms with Crippen LogP contribution in [0, 0.1) is 12.7 Å². The normalized spacial score (nSPS) is 14.2. The fourth-order valence-electron chi connectivity index (χ4n) is 2.43. The number of hydrogen-bond acceptors (Lipinski definition) is 3. The molecule has 0 atom stereocenters. The molecule has 1 heterocycles. The number of halogens is 1. The topological polar surface area (TPSA) is 28.2 Å². The maximum absolute atomic E-state index is 13.3. The highest BCUT2D eigenvalue weighted by atomic mass is 19.1. The van der Waals surface area contributed by atoms with E-state index in [0.29, 0.717) is 6.04 Å². The smallest absolute Gasteiger partial charge is 0.135 e. The lowest BCUT2D eigenvalue weighted by molar-refractivity contribution is 0.628. The van der Waals surface area contributed by atoms with E-state index in [0.717, 1.165) is 23.6 Å². The van der Waals surface area contributed by atoms with E-state index in [1.54, 1.807) is 6.07 Å². The third kappa shape index (κ3) is 3.39. The molecule has 1 N–H and O–H groups in total. The number of aryl methyl sites for hydroxylation is 1. The number of anilines is 2. The first-order chi connectivity index (χ1) is 10.1. The monoisotopic (exact) mass is 285 g/mol. The Morgan fingerprint density at radius 3 is 2.81 bits per heavy atom. The van der Waals surface area contributed by atoms with Crippen molar-refractivity contribution < 1.29 is 4.39 Å². The summed E-state index contributed by atoms with van der Waals surface area (Å²) in [6.45, 7) is 2.90. The molecular formula is C17H20FN3. The average Bonchev–Trinajstić information content (AvgIpc) is 3.29. The van der Waals surface area contributed by atoms with Crippen LogP contribution in [0.4, 0.5) is 15.9 Å². The van der Waals surface area contributed by atoms with Gasteiger partial charge in [-0.15, -0.1) is 0 Å². The first-order valence-corrected chi connectivity index (χ1v) is 7.31. The summed E-state index contributed by atoms with van der Waals surface area (Å²) in [7, 11) is 1.91. The van der Waals surface area contributed by atoms with Crippen molar-refractivity contribution in [2.45, 2.75) is 32.4 Å². The maximum Gasteiger partial charge on any atom is 0.135 e. The molecule has 0 saturated heterocycles. The van der Waals surface area contributed by atoms with Gasteiger partial charge in [0.25, 0.3) is 0 Å². The summed E-state index contributed by atoms with van der Waals surface area (Å²) >= 11 is 0. The van der Waals surface area contributed by atoms with Gasteiger partial charge < -0.3 is 10.2 Å². The molecule has 0 spiro atoms. The zero-order valence-corrected chi connectivity index (χ0v) is 12.4. The molecular weight excluding hydrogens is 265 g/mol. The summed E-state index contributed by atoms with van der Waals surface area (Å²) in [6.07, 6.45) is 4.47. The van der Waals surface area contributed by atoms with Crippen molar-refractivity contribution in [2.75, 3.05) is 11.9 Å². The number of aromatic nitrogens is 1. The standard InChI is InChI=1S/C17H20FN3/c1-12-8-13(10-19-15-6-7-15)11-20-17(12)21(2)16-5-3-4-14(18)9-16/h3-5,8-9,11,15,19H,6-7,10H2,1-2H3. The van der Waals surface area contributed by atoms with Gasteiger partial charge in [0.1, 0.15) is 11.6 Å². The Kier molecular flexibility index (Phi) is 3.88. The van der Waals surface area contributed by atoms with Gasteiger partial charge in [-0.1, -0.05) is 6.07 Å². The Bertz CT molecular complexity index is 638. The molecule has 4 heteroatoms. The fourth-order valence-corrected chi connectivity index (χ4v) is 2.43. The third-order valence-corrected chi connectivity index (χ3v) is 3.79. The molecule has 0 bridgehead atoms. The molecule has 1 fully saturated rings. The molecule has 1 saturated carbocycles. The minimum Gasteiger partial charge on any atom is -0.329 e. The van der Waals surface area contributed by atoms with Crippen molar-refractivity contribution in [1.29, 1.82) is 0 Å². The SMILES string of the molecule is Cc1cc(CNC2CC2)cnc1N(C)c1cccc(F)c1. The van der Waals surface area contributed by atoms with E-state index in [1.807, 2.05) is 31.1 Å². The Morgan fingerprint density at radius 2 is 2.14 bits per heavy atom. The zero-order chi connectivity index (χ0) is 14.8. The summed E-state index contributed by atoms with van der Waals surface area (Å²) in [4.78, 5) is 6.46. The molecule has 110 valence electrons. The quantitative estimate of drug-likeness (QED) is 0.910. The number of rotatable bonds is 5. The molecule has 3 rings (SSSR count). The molecule has 0 unspecified atom stereocenters. The van der Waals surface area contributed by atoms with E-state index < -0.39 is 0 Å². The molecule has 0 aliphatic heterocycles. The largest absolute Gasteiger partial charge is 0.329 e. The number of pyridine rings is 1. The first kappa shape index (κ1) is 14.0. The van der Waals surface area contributed by atoms with E-state index in [1.165, 1.54) is 30.5 Å². The molecule has 3 nitrogen and oxygen atoms in total. The van der Waals surface area contributed by atoms with Crippen LogP contribution < -0.4 is 10.2 Å². The fraction of sp³-hybridized carbons (Fsp3) is 0.353. The molecule has 1 aromatic heterocycles. The predicted octanol–water partition coefficient (Wildman–Crippen LogP) is 3.55. The lowest BCUT2D eigenvalue weighted by Gasteiger charge is -2.21. The van der Waals surface area contributed by atoms with E-state index in [9.17, 15) is 4.39 Å². The highest BCUT2D eigenvalue weighted by Gasteiger charge is 2.20. The second kappa shape index (κ2) is 5.82. The van der Waals surface area contributed by atoms with Crippen molar-refractivity contribution >= 4 is 11.5 Å². The third-order valence-electron chi connectivity index (χ3n) is 3.79. The summed E-state index contributed by atoms with van der Waals surface area (Å²) in [5.41, 5.74) is 3.09. The molecule has 21 heavy (non-hydrogen) atoms. The van der Waals surface area contributed by atoms with Gasteiger partial charge in [-0.2, -0.15) is 0 Å². The van der Waals surface area contributed by atoms with E-state index in [4.69, 9.17) is 0 Å². The van der Waals surface area contributed by atoms with Crippen LogP contribution in [0.2, 0.25) is 0 Å². The number of nitrogens with zero attached hydrogens (tertiary/aromatic N) is 2. The van der Waals surface area contributed by atoms with Gasteiger partial charge >= 0.3 is 0 Å². The van der Waals surface area contributed by atoms with Crippen molar-refractivity contribution in [2.24, 2.45) is 0 Å². The van der Waals surface area contributed by atoms with Crippen molar-refractivity contribution in [1.82, 2.24) is 10.3 Å². The number of benzene rings is 1. The zero-order valence-electron chi connectivity index (χ0n) is 12.4. The highest BCUT2D eigenvalue weighted by Crippen LogP contribution is 2.26. The second-order valence-corrected chi connectivity index (χ2v) is 5.68. The van der Waals surface area contributed by atoms with Gasteiger partial charge in [-0.3, -0.25) is 0 Å². The van der Waals surface area contributed by atoms with E-state index in [2.05, 4.69) is 16.4 Å². The van der Waals surface area contributed by atoms with Crippen LogP contribution in [0.25, 0.3) is 0 Å². The Morgan fingerprint density at radius 1 is 1.33 bits per heavy atom. The van der Waals surface area contributed by atoms with Crippen molar-refractivity contribution in [3.63, 3.8) is 0 Å². The molecule has 0 amide bonds. The van der Waals surface area contributed by atoms with Crippen LogP contribution in [0.15, 0.2) is 36.5 Å². The van der Waals surface area contributed by atoms with Gasteiger partial charge in [-0.25, -0.2) is 9.37 Å². The first-order valence-electron chi connectivity index (χ1n) is 7.31. The number of nitrogens with one attached hydrogen (secondary N) is 1. The second-order valence-electron chi connectivity index (χ2n) is 5.68. The summed E-state index contributed by atoms with van der Waals surface area (Å²) in [5.74, 6) is 0.623. The van der Waals surface area contributed by atoms with Gasteiger partial charge in [0.15, 0.2) is 0 Å². The minimum absolute atomic E-state index is 0.234. The van der Waals surface area contributed by atoms with Gasteiger partial charge in [-0.05, 0) is 55.2 Å². The minimum atomic E-state index is -0.234.